The van der Waals surface area contributed by atoms with Gasteiger partial charge >= 0.3 is 6.09 Å². The highest BCUT2D eigenvalue weighted by Gasteiger charge is 2.29. The van der Waals surface area contributed by atoms with Gasteiger partial charge in [0.2, 0.25) is 0 Å². The molecule has 1 saturated heterocycles. The molecule has 5 nitrogen and oxygen atoms in total. The van der Waals surface area contributed by atoms with E-state index in [9.17, 15) is 4.79 Å². The molecule has 0 aliphatic carbocycles. The van der Waals surface area contributed by atoms with E-state index in [1.54, 1.807) is 12.0 Å². The third kappa shape index (κ3) is 5.56. The number of carbonyl (C=O) groups is 1. The molecular weight excluding hydrogens is 328 g/mol. The molecule has 1 aliphatic heterocycles. The minimum atomic E-state index is -0.448. The third-order valence-electron chi connectivity index (χ3n) is 3.93. The van der Waals surface area contributed by atoms with E-state index < -0.39 is 5.60 Å². The van der Waals surface area contributed by atoms with E-state index in [1.807, 2.05) is 39.0 Å². The molecule has 0 bridgehead atoms. The summed E-state index contributed by atoms with van der Waals surface area (Å²) < 4.78 is 10.8. The van der Waals surface area contributed by atoms with Crippen molar-refractivity contribution in [3.8, 4) is 5.75 Å². The van der Waals surface area contributed by atoms with Crippen LogP contribution >= 0.6 is 11.6 Å². The van der Waals surface area contributed by atoms with Crippen molar-refractivity contribution in [3.05, 3.63) is 28.8 Å². The number of benzene rings is 1. The first-order valence-electron chi connectivity index (χ1n) is 8.29. The number of nitrogens with zero attached hydrogens (tertiary/aromatic N) is 1. The summed E-state index contributed by atoms with van der Waals surface area (Å²) in [5.74, 6) is 1.26. The van der Waals surface area contributed by atoms with Gasteiger partial charge in [-0.25, -0.2) is 4.79 Å². The zero-order valence-corrected chi connectivity index (χ0v) is 15.7. The topological polar surface area (TPSA) is 50.8 Å². The maximum atomic E-state index is 12.1. The van der Waals surface area contributed by atoms with E-state index in [-0.39, 0.29) is 6.09 Å². The van der Waals surface area contributed by atoms with Crippen LogP contribution in [0.15, 0.2) is 18.2 Å². The first kappa shape index (κ1) is 18.9. The van der Waals surface area contributed by atoms with Gasteiger partial charge in [0.05, 0.1) is 7.11 Å². The molecule has 1 unspecified atom stereocenters. The summed E-state index contributed by atoms with van der Waals surface area (Å²) in [6.45, 7) is 8.67. The summed E-state index contributed by atoms with van der Waals surface area (Å²) in [7, 11) is 1.66. The lowest BCUT2D eigenvalue weighted by Crippen LogP contribution is -2.36. The number of rotatable bonds is 5. The highest BCUT2D eigenvalue weighted by atomic mass is 35.5. The number of carbonyl (C=O) groups excluding carboxylic acids is 1. The SMILES string of the molecule is COc1ccc(Cl)cc1CNCC1CCN(C(=O)OC(C)(C)C)C1. The van der Waals surface area contributed by atoms with Crippen LogP contribution in [0.25, 0.3) is 0 Å². The normalized spacial score (nSPS) is 17.9. The summed E-state index contributed by atoms with van der Waals surface area (Å²) in [5.41, 5.74) is 0.586. The third-order valence-corrected chi connectivity index (χ3v) is 4.16. The summed E-state index contributed by atoms with van der Waals surface area (Å²) in [4.78, 5) is 13.9. The Morgan fingerprint density at radius 1 is 1.42 bits per heavy atom. The Kier molecular flexibility index (Phi) is 6.35. The van der Waals surface area contributed by atoms with E-state index in [1.165, 1.54) is 0 Å². The Bertz CT molecular complexity index is 572. The highest BCUT2D eigenvalue weighted by Crippen LogP contribution is 2.23. The van der Waals surface area contributed by atoms with Crippen LogP contribution in [-0.2, 0) is 11.3 Å². The van der Waals surface area contributed by atoms with E-state index in [0.29, 0.717) is 17.5 Å². The molecule has 0 aromatic heterocycles. The Morgan fingerprint density at radius 3 is 2.83 bits per heavy atom. The molecular formula is C18H27ClN2O3. The van der Waals surface area contributed by atoms with Crippen molar-refractivity contribution in [2.45, 2.75) is 39.3 Å². The number of likely N-dealkylation sites (tertiary alicyclic amines) is 1. The van der Waals surface area contributed by atoms with Gasteiger partial charge in [0.15, 0.2) is 0 Å². The van der Waals surface area contributed by atoms with Gasteiger partial charge in [0, 0.05) is 36.8 Å². The first-order chi connectivity index (χ1) is 11.3. The number of hydrogen-bond donors (Lipinski definition) is 1. The second-order valence-corrected chi connectivity index (χ2v) is 7.60. The summed E-state index contributed by atoms with van der Waals surface area (Å²) in [5, 5.41) is 4.13. The maximum absolute atomic E-state index is 12.1. The molecule has 1 N–H and O–H groups in total. The zero-order valence-electron chi connectivity index (χ0n) is 14.9. The monoisotopic (exact) mass is 354 g/mol. The fourth-order valence-electron chi connectivity index (χ4n) is 2.79. The van der Waals surface area contributed by atoms with Gasteiger partial charge < -0.3 is 19.7 Å². The predicted octanol–water partition coefficient (Wildman–Crippen LogP) is 3.70. The van der Waals surface area contributed by atoms with Crippen molar-refractivity contribution < 1.29 is 14.3 Å². The van der Waals surface area contributed by atoms with Gasteiger partial charge in [0.25, 0.3) is 0 Å². The minimum absolute atomic E-state index is 0.221. The van der Waals surface area contributed by atoms with Crippen LogP contribution < -0.4 is 10.1 Å². The Labute approximate surface area is 149 Å². The molecule has 6 heteroatoms. The predicted molar refractivity (Wildman–Crippen MR) is 95.6 cm³/mol. The number of ether oxygens (including phenoxy) is 2. The summed E-state index contributed by atoms with van der Waals surface area (Å²) in [6.07, 6.45) is 0.764. The van der Waals surface area contributed by atoms with Crippen molar-refractivity contribution in [3.63, 3.8) is 0 Å². The molecule has 1 amide bonds. The second-order valence-electron chi connectivity index (χ2n) is 7.17. The van der Waals surface area contributed by atoms with Crippen molar-refractivity contribution in [1.82, 2.24) is 10.2 Å². The number of hydrogen-bond acceptors (Lipinski definition) is 4. The lowest BCUT2D eigenvalue weighted by atomic mass is 10.1. The molecule has 1 heterocycles. The highest BCUT2D eigenvalue weighted by molar-refractivity contribution is 6.30. The van der Waals surface area contributed by atoms with Crippen LogP contribution in [-0.4, -0.2) is 43.3 Å². The number of amides is 1. The van der Waals surface area contributed by atoms with Crippen LogP contribution in [0.3, 0.4) is 0 Å². The molecule has 24 heavy (non-hydrogen) atoms. The van der Waals surface area contributed by atoms with Crippen LogP contribution in [0.5, 0.6) is 5.75 Å². The molecule has 0 spiro atoms. The number of nitrogens with one attached hydrogen (secondary N) is 1. The quantitative estimate of drug-likeness (QED) is 0.876. The van der Waals surface area contributed by atoms with Gasteiger partial charge in [-0.3, -0.25) is 0 Å². The average molecular weight is 355 g/mol. The minimum Gasteiger partial charge on any atom is -0.496 e. The Hall–Kier alpha value is -1.46. The molecule has 1 aromatic rings. The van der Waals surface area contributed by atoms with Crippen molar-refractivity contribution in [2.75, 3.05) is 26.7 Å². The van der Waals surface area contributed by atoms with Crippen molar-refractivity contribution in [1.29, 1.82) is 0 Å². The van der Waals surface area contributed by atoms with Crippen molar-refractivity contribution >= 4 is 17.7 Å². The van der Waals surface area contributed by atoms with E-state index >= 15 is 0 Å². The zero-order chi connectivity index (χ0) is 17.7. The van der Waals surface area contributed by atoms with Crippen LogP contribution in [0.2, 0.25) is 5.02 Å². The van der Waals surface area contributed by atoms with E-state index in [0.717, 1.165) is 37.4 Å². The van der Waals surface area contributed by atoms with Crippen molar-refractivity contribution in [2.24, 2.45) is 5.92 Å². The summed E-state index contributed by atoms with van der Waals surface area (Å²) in [6, 6.07) is 5.60. The molecule has 134 valence electrons. The van der Waals surface area contributed by atoms with Gasteiger partial charge in [-0.1, -0.05) is 11.6 Å². The molecule has 1 aromatic carbocycles. The fraction of sp³-hybridized carbons (Fsp3) is 0.611. The van der Waals surface area contributed by atoms with E-state index in [4.69, 9.17) is 21.1 Å². The summed E-state index contributed by atoms with van der Waals surface area (Å²) >= 11 is 6.05. The Balaban J connectivity index is 1.78. The van der Waals surface area contributed by atoms with Gasteiger partial charge in [-0.2, -0.15) is 0 Å². The van der Waals surface area contributed by atoms with Gasteiger partial charge in [0.1, 0.15) is 11.4 Å². The first-order valence-corrected chi connectivity index (χ1v) is 8.67. The Morgan fingerprint density at radius 2 is 2.17 bits per heavy atom. The standard InChI is InChI=1S/C18H27ClN2O3/c1-18(2,3)24-17(22)21-8-7-13(12-21)10-20-11-14-9-15(19)5-6-16(14)23-4/h5-6,9,13,20H,7-8,10-12H2,1-4H3. The van der Waals surface area contributed by atoms with Crippen LogP contribution in [0.1, 0.15) is 32.8 Å². The van der Waals surface area contributed by atoms with Gasteiger partial charge in [-0.15, -0.1) is 0 Å². The maximum Gasteiger partial charge on any atom is 0.410 e. The van der Waals surface area contributed by atoms with E-state index in [2.05, 4.69) is 5.32 Å². The largest absolute Gasteiger partial charge is 0.496 e. The fourth-order valence-corrected chi connectivity index (χ4v) is 2.98. The molecule has 0 radical (unpaired) electrons. The van der Waals surface area contributed by atoms with Crippen LogP contribution in [0.4, 0.5) is 4.79 Å². The van der Waals surface area contributed by atoms with Gasteiger partial charge in [-0.05, 0) is 51.3 Å². The molecule has 1 aliphatic rings. The number of halogens is 1. The molecule has 2 rings (SSSR count). The lowest BCUT2D eigenvalue weighted by Gasteiger charge is -2.24. The second kappa shape index (κ2) is 8.08. The number of methoxy groups -OCH3 is 1. The molecule has 1 atom stereocenters. The molecule has 1 fully saturated rings. The average Bonchev–Trinajstić information content (AvgIpc) is 2.95. The van der Waals surface area contributed by atoms with Crippen LogP contribution in [0, 0.1) is 5.92 Å². The lowest BCUT2D eigenvalue weighted by molar-refractivity contribution is 0.0288. The molecule has 0 saturated carbocycles. The smallest absolute Gasteiger partial charge is 0.410 e.